The minimum absolute atomic E-state index is 0. The number of likely N-dealkylation sites (tertiary alicyclic amines) is 1. The van der Waals surface area contributed by atoms with Gasteiger partial charge >= 0.3 is 0 Å². The number of aliphatic imine (C=N–C) groups is 1. The van der Waals surface area contributed by atoms with Crippen LogP contribution in [0.3, 0.4) is 0 Å². The largest absolute Gasteiger partial charge is 0.490 e. The van der Waals surface area contributed by atoms with Crippen LogP contribution in [0, 0.1) is 0 Å². The minimum atomic E-state index is 0. The molecule has 1 aromatic rings. The van der Waals surface area contributed by atoms with Crippen LogP contribution in [0.2, 0.25) is 0 Å². The third kappa shape index (κ3) is 5.73. The standard InChI is InChI=1S/C21H34N4O.HI/c1-4-24(5-2)18-13-14-25(16-18)21(22-3)23-15-17-9-6-7-12-20(17)26-19-10-8-11-19;/h6-7,9,12,18-19H,4-5,8,10-11,13-16H2,1-3H3,(H,22,23);1H. The van der Waals surface area contributed by atoms with Crippen molar-refractivity contribution in [2.24, 2.45) is 4.99 Å². The summed E-state index contributed by atoms with van der Waals surface area (Å²) in [6.07, 6.45) is 5.28. The van der Waals surface area contributed by atoms with E-state index in [0.29, 0.717) is 12.1 Å². The first-order valence-corrected chi connectivity index (χ1v) is 10.2. The maximum Gasteiger partial charge on any atom is 0.193 e. The van der Waals surface area contributed by atoms with E-state index in [2.05, 4.69) is 58.2 Å². The molecule has 0 radical (unpaired) electrons. The van der Waals surface area contributed by atoms with Crippen molar-refractivity contribution in [2.45, 2.75) is 58.2 Å². The summed E-state index contributed by atoms with van der Waals surface area (Å²) in [7, 11) is 1.88. The first-order valence-electron chi connectivity index (χ1n) is 10.2. The zero-order valence-electron chi connectivity index (χ0n) is 17.0. The van der Waals surface area contributed by atoms with E-state index in [-0.39, 0.29) is 24.0 Å². The number of likely N-dealkylation sites (N-methyl/N-ethyl adjacent to an activating group) is 1. The van der Waals surface area contributed by atoms with Crippen LogP contribution in [0.15, 0.2) is 29.3 Å². The van der Waals surface area contributed by atoms with Crippen LogP contribution >= 0.6 is 24.0 Å². The second-order valence-electron chi connectivity index (χ2n) is 7.29. The third-order valence-electron chi connectivity index (χ3n) is 5.76. The van der Waals surface area contributed by atoms with Crippen LogP contribution in [0.25, 0.3) is 0 Å². The number of ether oxygens (including phenoxy) is 1. The summed E-state index contributed by atoms with van der Waals surface area (Å²) in [4.78, 5) is 9.46. The summed E-state index contributed by atoms with van der Waals surface area (Å²) < 4.78 is 6.15. The molecule has 0 aromatic heterocycles. The van der Waals surface area contributed by atoms with E-state index in [1.54, 1.807) is 0 Å². The topological polar surface area (TPSA) is 40.1 Å². The predicted octanol–water partition coefficient (Wildman–Crippen LogP) is 3.73. The highest BCUT2D eigenvalue weighted by Gasteiger charge is 2.28. The zero-order chi connectivity index (χ0) is 18.4. The van der Waals surface area contributed by atoms with Gasteiger partial charge in [0, 0.05) is 38.3 Å². The highest BCUT2D eigenvalue weighted by Crippen LogP contribution is 2.27. The average molecular weight is 486 g/mol. The third-order valence-corrected chi connectivity index (χ3v) is 5.76. The fourth-order valence-corrected chi connectivity index (χ4v) is 3.91. The molecule has 1 unspecified atom stereocenters. The summed E-state index contributed by atoms with van der Waals surface area (Å²) in [6.45, 7) is 9.61. The maximum absolute atomic E-state index is 6.15. The minimum Gasteiger partial charge on any atom is -0.490 e. The van der Waals surface area contributed by atoms with Crippen molar-refractivity contribution in [1.82, 2.24) is 15.1 Å². The summed E-state index contributed by atoms with van der Waals surface area (Å²) in [5.41, 5.74) is 1.21. The first-order chi connectivity index (χ1) is 12.7. The number of hydrogen-bond donors (Lipinski definition) is 1. The van der Waals surface area contributed by atoms with Crippen LogP contribution in [-0.4, -0.2) is 61.1 Å². The normalized spacial score (nSPS) is 20.4. The Labute approximate surface area is 181 Å². The Bertz CT molecular complexity index is 602. The quantitative estimate of drug-likeness (QED) is 0.362. The molecule has 0 amide bonds. The molecule has 5 nitrogen and oxygen atoms in total. The zero-order valence-corrected chi connectivity index (χ0v) is 19.3. The lowest BCUT2D eigenvalue weighted by atomic mass is 9.96. The van der Waals surface area contributed by atoms with E-state index < -0.39 is 0 Å². The number of benzene rings is 1. The number of nitrogens with zero attached hydrogens (tertiary/aromatic N) is 3. The van der Waals surface area contributed by atoms with Crippen molar-refractivity contribution >= 4 is 29.9 Å². The SMILES string of the molecule is CCN(CC)C1CCN(C(=NC)NCc2ccccc2OC2CCC2)C1.I. The van der Waals surface area contributed by atoms with E-state index in [9.17, 15) is 0 Å². The molecule has 0 spiro atoms. The van der Waals surface area contributed by atoms with Crippen molar-refractivity contribution in [1.29, 1.82) is 0 Å². The Morgan fingerprint density at radius 2 is 1.96 bits per heavy atom. The molecule has 1 saturated heterocycles. The highest BCUT2D eigenvalue weighted by atomic mass is 127. The van der Waals surface area contributed by atoms with Gasteiger partial charge in [-0.05, 0) is 44.8 Å². The van der Waals surface area contributed by atoms with Gasteiger partial charge in [-0.3, -0.25) is 9.89 Å². The molecule has 1 saturated carbocycles. The van der Waals surface area contributed by atoms with Gasteiger partial charge in [0.25, 0.3) is 0 Å². The molecule has 2 fully saturated rings. The molecule has 27 heavy (non-hydrogen) atoms. The van der Waals surface area contributed by atoms with Gasteiger partial charge in [0.1, 0.15) is 5.75 Å². The van der Waals surface area contributed by atoms with Crippen LogP contribution in [0.4, 0.5) is 0 Å². The van der Waals surface area contributed by atoms with Crippen LogP contribution < -0.4 is 10.1 Å². The van der Waals surface area contributed by atoms with Crippen molar-refractivity contribution in [3.63, 3.8) is 0 Å². The molecule has 1 heterocycles. The van der Waals surface area contributed by atoms with Crippen LogP contribution in [0.1, 0.15) is 45.1 Å². The molecule has 1 atom stereocenters. The van der Waals surface area contributed by atoms with E-state index in [1.807, 2.05) is 7.05 Å². The van der Waals surface area contributed by atoms with E-state index in [4.69, 9.17) is 4.74 Å². The lowest BCUT2D eigenvalue weighted by Gasteiger charge is -2.28. The number of rotatable bonds is 7. The first kappa shape index (κ1) is 22.3. The fraction of sp³-hybridized carbons (Fsp3) is 0.667. The van der Waals surface area contributed by atoms with E-state index >= 15 is 0 Å². The Morgan fingerprint density at radius 1 is 1.22 bits per heavy atom. The predicted molar refractivity (Wildman–Crippen MR) is 123 cm³/mol. The Balaban J connectivity index is 0.00000261. The molecule has 2 aliphatic rings. The number of para-hydroxylation sites is 1. The number of nitrogens with one attached hydrogen (secondary N) is 1. The number of hydrogen-bond acceptors (Lipinski definition) is 3. The molecule has 1 N–H and O–H groups in total. The molecule has 1 aromatic carbocycles. The van der Waals surface area contributed by atoms with Gasteiger partial charge in [0.05, 0.1) is 6.10 Å². The Hall–Kier alpha value is -1.02. The summed E-state index contributed by atoms with van der Waals surface area (Å²) in [6, 6.07) is 9.01. The van der Waals surface area contributed by atoms with Crippen molar-refractivity contribution < 1.29 is 4.74 Å². The molecule has 1 aliphatic heterocycles. The lowest BCUT2D eigenvalue weighted by Crippen LogP contribution is -2.43. The van der Waals surface area contributed by atoms with Crippen molar-refractivity contribution in [3.8, 4) is 5.75 Å². The van der Waals surface area contributed by atoms with Crippen molar-refractivity contribution in [2.75, 3.05) is 33.2 Å². The Morgan fingerprint density at radius 3 is 2.59 bits per heavy atom. The van der Waals surface area contributed by atoms with Gasteiger partial charge in [0.2, 0.25) is 0 Å². The number of halogens is 1. The summed E-state index contributed by atoms with van der Waals surface area (Å²) in [5, 5.41) is 3.55. The van der Waals surface area contributed by atoms with Gasteiger partial charge in [0.15, 0.2) is 5.96 Å². The molecule has 152 valence electrons. The number of guanidine groups is 1. The molecule has 6 heteroatoms. The van der Waals surface area contributed by atoms with Gasteiger partial charge < -0.3 is 15.0 Å². The second kappa shape index (κ2) is 11.1. The summed E-state index contributed by atoms with van der Waals surface area (Å²) in [5.74, 6) is 2.01. The molecule has 3 rings (SSSR count). The Kier molecular flexibility index (Phi) is 9.15. The average Bonchev–Trinajstić information content (AvgIpc) is 3.10. The van der Waals surface area contributed by atoms with Gasteiger partial charge in [-0.2, -0.15) is 0 Å². The summed E-state index contributed by atoms with van der Waals surface area (Å²) >= 11 is 0. The van der Waals surface area contributed by atoms with Crippen molar-refractivity contribution in [3.05, 3.63) is 29.8 Å². The molecule has 1 aliphatic carbocycles. The highest BCUT2D eigenvalue weighted by molar-refractivity contribution is 14.0. The van der Waals surface area contributed by atoms with Gasteiger partial charge in [-0.15, -0.1) is 24.0 Å². The second-order valence-corrected chi connectivity index (χ2v) is 7.29. The molecular weight excluding hydrogens is 451 g/mol. The monoisotopic (exact) mass is 486 g/mol. The lowest BCUT2D eigenvalue weighted by molar-refractivity contribution is 0.119. The van der Waals surface area contributed by atoms with E-state index in [1.165, 1.54) is 31.2 Å². The maximum atomic E-state index is 6.15. The van der Waals surface area contributed by atoms with Gasteiger partial charge in [-0.1, -0.05) is 32.0 Å². The van der Waals surface area contributed by atoms with Crippen LogP contribution in [0.5, 0.6) is 5.75 Å². The fourth-order valence-electron chi connectivity index (χ4n) is 3.91. The van der Waals surface area contributed by atoms with E-state index in [0.717, 1.165) is 44.4 Å². The van der Waals surface area contributed by atoms with Gasteiger partial charge in [-0.25, -0.2) is 0 Å². The molecular formula is C21H35IN4O. The van der Waals surface area contributed by atoms with Crippen LogP contribution in [-0.2, 0) is 6.54 Å². The molecule has 0 bridgehead atoms. The smallest absolute Gasteiger partial charge is 0.193 e.